The van der Waals surface area contributed by atoms with Crippen LogP contribution in [0.15, 0.2) is 18.2 Å². The number of carbonyl (C=O) groups is 1. The van der Waals surface area contributed by atoms with Crippen molar-refractivity contribution in [2.75, 3.05) is 0 Å². The fourth-order valence-electron chi connectivity index (χ4n) is 1.40. The predicted octanol–water partition coefficient (Wildman–Crippen LogP) is 1.80. The fourth-order valence-corrected chi connectivity index (χ4v) is 2.93. The van der Waals surface area contributed by atoms with Crippen LogP contribution in [0.5, 0.6) is 0 Å². The van der Waals surface area contributed by atoms with Gasteiger partial charge in [0.1, 0.15) is 0 Å². The molecule has 0 aliphatic heterocycles. The zero-order valence-corrected chi connectivity index (χ0v) is 10.0. The van der Waals surface area contributed by atoms with Crippen LogP contribution in [0.4, 0.5) is 0 Å². The highest BCUT2D eigenvalue weighted by molar-refractivity contribution is 6.89. The Balaban J connectivity index is 3.40. The minimum Gasteiger partial charge on any atom is -0.478 e. The molecule has 0 amide bonds. The highest BCUT2D eigenvalue weighted by Gasteiger charge is 2.21. The average molecular weight is 219 g/mol. The largest absolute Gasteiger partial charge is 0.478 e. The molecule has 0 fully saturated rings. The molecular weight excluding hydrogens is 206 g/mol. The van der Waals surface area contributed by atoms with E-state index in [0.717, 1.165) is 5.19 Å². The van der Waals surface area contributed by atoms with Gasteiger partial charge in [0.2, 0.25) is 0 Å². The van der Waals surface area contributed by atoms with Gasteiger partial charge in [-0.2, -0.15) is 5.26 Å². The molecule has 1 aromatic rings. The molecule has 4 heteroatoms. The third-order valence-corrected chi connectivity index (χ3v) is 4.22. The van der Waals surface area contributed by atoms with E-state index in [1.165, 1.54) is 6.07 Å². The zero-order chi connectivity index (χ0) is 11.6. The first kappa shape index (κ1) is 11.5. The molecule has 3 nitrogen and oxygen atoms in total. The van der Waals surface area contributed by atoms with Crippen molar-refractivity contribution < 1.29 is 9.90 Å². The van der Waals surface area contributed by atoms with Crippen LogP contribution in [0.3, 0.4) is 0 Å². The number of benzene rings is 1. The Morgan fingerprint density at radius 2 is 2.00 bits per heavy atom. The third kappa shape index (κ3) is 2.45. The second-order valence-corrected chi connectivity index (χ2v) is 9.47. The van der Waals surface area contributed by atoms with Gasteiger partial charge in [-0.05, 0) is 23.4 Å². The van der Waals surface area contributed by atoms with E-state index in [-0.39, 0.29) is 5.56 Å². The lowest BCUT2D eigenvalue weighted by Crippen LogP contribution is -2.40. The molecule has 0 aromatic heterocycles. The molecule has 78 valence electrons. The zero-order valence-electron chi connectivity index (χ0n) is 9.03. The van der Waals surface area contributed by atoms with Crippen LogP contribution in [0.25, 0.3) is 0 Å². The van der Waals surface area contributed by atoms with E-state index in [4.69, 9.17) is 10.4 Å². The Hall–Kier alpha value is -1.60. The summed E-state index contributed by atoms with van der Waals surface area (Å²) in [5.41, 5.74) is 0.852. The van der Waals surface area contributed by atoms with Crippen molar-refractivity contribution in [1.29, 1.82) is 5.26 Å². The molecule has 0 saturated carbocycles. The quantitative estimate of drug-likeness (QED) is 0.771. The van der Waals surface area contributed by atoms with Crippen LogP contribution >= 0.6 is 0 Å². The van der Waals surface area contributed by atoms with E-state index in [1.807, 2.05) is 0 Å². The number of rotatable bonds is 2. The average Bonchev–Trinajstić information content (AvgIpc) is 2.15. The van der Waals surface area contributed by atoms with Crippen LogP contribution in [-0.2, 0) is 0 Å². The van der Waals surface area contributed by atoms with Crippen molar-refractivity contribution in [3.05, 3.63) is 29.3 Å². The number of carboxylic acid groups (broad SMARTS) is 1. The van der Waals surface area contributed by atoms with Gasteiger partial charge in [-0.15, -0.1) is 0 Å². The van der Waals surface area contributed by atoms with Crippen LogP contribution in [-0.4, -0.2) is 19.1 Å². The van der Waals surface area contributed by atoms with Gasteiger partial charge in [-0.25, -0.2) is 4.79 Å². The molecule has 0 aliphatic rings. The predicted molar refractivity (Wildman–Crippen MR) is 61.1 cm³/mol. The first-order chi connectivity index (χ1) is 6.86. The van der Waals surface area contributed by atoms with Crippen LogP contribution in [0, 0.1) is 11.3 Å². The summed E-state index contributed by atoms with van der Waals surface area (Å²) in [6.45, 7) is 6.28. The summed E-state index contributed by atoms with van der Waals surface area (Å²) in [6.07, 6.45) is 0. The summed E-state index contributed by atoms with van der Waals surface area (Å²) in [7, 11) is -1.66. The fraction of sp³-hybridized carbons (Fsp3) is 0.273. The molecule has 0 aliphatic carbocycles. The molecule has 15 heavy (non-hydrogen) atoms. The smallest absolute Gasteiger partial charge is 0.335 e. The van der Waals surface area contributed by atoms with Gasteiger partial charge in [0, 0.05) is 0 Å². The normalized spacial score (nSPS) is 10.8. The van der Waals surface area contributed by atoms with Gasteiger partial charge in [-0.1, -0.05) is 19.6 Å². The van der Waals surface area contributed by atoms with Crippen molar-refractivity contribution >= 4 is 19.2 Å². The molecule has 0 heterocycles. The van der Waals surface area contributed by atoms with Crippen LogP contribution < -0.4 is 5.19 Å². The van der Waals surface area contributed by atoms with Gasteiger partial charge in [-0.3, -0.25) is 0 Å². The summed E-state index contributed by atoms with van der Waals surface area (Å²) in [5, 5.41) is 18.7. The molecule has 1 N–H and O–H groups in total. The van der Waals surface area contributed by atoms with E-state index in [2.05, 4.69) is 25.7 Å². The Bertz CT molecular complexity index is 441. The van der Waals surface area contributed by atoms with Crippen molar-refractivity contribution in [3.8, 4) is 6.07 Å². The van der Waals surface area contributed by atoms with Gasteiger partial charge >= 0.3 is 5.97 Å². The number of nitrogens with zero attached hydrogens (tertiary/aromatic N) is 1. The maximum absolute atomic E-state index is 10.8. The van der Waals surface area contributed by atoms with Gasteiger partial charge in [0.25, 0.3) is 0 Å². The molecule has 1 rings (SSSR count). The number of aromatic carboxylic acids is 1. The first-order valence-corrected chi connectivity index (χ1v) is 8.14. The Labute approximate surface area is 90.0 Å². The Morgan fingerprint density at radius 1 is 1.40 bits per heavy atom. The highest BCUT2D eigenvalue weighted by Crippen LogP contribution is 2.09. The monoisotopic (exact) mass is 219 g/mol. The summed E-state index contributed by atoms with van der Waals surface area (Å²) in [6, 6.07) is 6.81. The molecule has 0 bridgehead atoms. The van der Waals surface area contributed by atoms with Gasteiger partial charge in [0.15, 0.2) is 0 Å². The summed E-state index contributed by atoms with van der Waals surface area (Å²) in [5.74, 6) is -0.945. The van der Waals surface area contributed by atoms with E-state index < -0.39 is 14.0 Å². The van der Waals surface area contributed by atoms with Crippen molar-refractivity contribution in [3.63, 3.8) is 0 Å². The number of hydrogen-bond donors (Lipinski definition) is 1. The van der Waals surface area contributed by atoms with E-state index in [0.29, 0.717) is 5.56 Å². The lowest BCUT2D eigenvalue weighted by atomic mass is 10.1. The lowest BCUT2D eigenvalue weighted by Gasteiger charge is -2.18. The third-order valence-electron chi connectivity index (χ3n) is 2.19. The van der Waals surface area contributed by atoms with E-state index in [1.54, 1.807) is 12.1 Å². The SMILES string of the molecule is C[Si](C)(C)c1cc(C(=O)O)ccc1C#N. The maximum Gasteiger partial charge on any atom is 0.335 e. The summed E-state index contributed by atoms with van der Waals surface area (Å²) >= 11 is 0. The summed E-state index contributed by atoms with van der Waals surface area (Å²) < 4.78 is 0. The minimum atomic E-state index is -1.66. The van der Waals surface area contributed by atoms with Gasteiger partial charge < -0.3 is 5.11 Å². The maximum atomic E-state index is 10.8. The van der Waals surface area contributed by atoms with Crippen molar-refractivity contribution in [1.82, 2.24) is 0 Å². The van der Waals surface area contributed by atoms with E-state index in [9.17, 15) is 4.79 Å². The standard InChI is InChI=1S/C11H13NO2Si/c1-15(2,3)10-6-8(11(13)14)4-5-9(10)7-12/h4-6H,1-3H3,(H,13,14). The van der Waals surface area contributed by atoms with Gasteiger partial charge in [0.05, 0.1) is 25.3 Å². The molecule has 0 unspecified atom stereocenters. The molecule has 1 aromatic carbocycles. The molecule has 0 spiro atoms. The number of hydrogen-bond acceptors (Lipinski definition) is 2. The highest BCUT2D eigenvalue weighted by atomic mass is 28.3. The van der Waals surface area contributed by atoms with Crippen molar-refractivity contribution in [2.24, 2.45) is 0 Å². The minimum absolute atomic E-state index is 0.256. The number of nitriles is 1. The van der Waals surface area contributed by atoms with Crippen LogP contribution in [0.1, 0.15) is 15.9 Å². The van der Waals surface area contributed by atoms with E-state index >= 15 is 0 Å². The molecule has 0 saturated heterocycles. The molecular formula is C11H13NO2Si. The Morgan fingerprint density at radius 3 is 2.40 bits per heavy atom. The molecule has 0 radical (unpaired) electrons. The Kier molecular flexibility index (Phi) is 2.96. The number of carboxylic acids is 1. The van der Waals surface area contributed by atoms with Crippen molar-refractivity contribution in [2.45, 2.75) is 19.6 Å². The second-order valence-electron chi connectivity index (χ2n) is 4.43. The summed E-state index contributed by atoms with van der Waals surface area (Å²) in [4.78, 5) is 10.8. The topological polar surface area (TPSA) is 61.1 Å². The molecule has 0 atom stereocenters. The first-order valence-electron chi connectivity index (χ1n) is 4.64. The second kappa shape index (κ2) is 3.87. The lowest BCUT2D eigenvalue weighted by molar-refractivity contribution is 0.0697. The van der Waals surface area contributed by atoms with Crippen LogP contribution in [0.2, 0.25) is 19.6 Å².